The van der Waals surface area contributed by atoms with E-state index in [9.17, 15) is 9.59 Å². The summed E-state index contributed by atoms with van der Waals surface area (Å²) in [6, 6.07) is 8.58. The Morgan fingerprint density at radius 3 is 2.35 bits per heavy atom. The lowest BCUT2D eigenvalue weighted by Crippen LogP contribution is -2.47. The van der Waals surface area contributed by atoms with Crippen LogP contribution in [0.3, 0.4) is 0 Å². The Kier molecular flexibility index (Phi) is 7.03. The molecule has 1 aromatic carbocycles. The van der Waals surface area contributed by atoms with Crippen molar-refractivity contribution in [2.45, 2.75) is 58.5 Å². The molecule has 128 valence electrons. The van der Waals surface area contributed by atoms with Crippen molar-refractivity contribution < 1.29 is 24.2 Å². The highest BCUT2D eigenvalue weighted by Gasteiger charge is 2.27. The van der Waals surface area contributed by atoms with Crippen molar-refractivity contribution in [3.63, 3.8) is 0 Å². The fourth-order valence-electron chi connectivity index (χ4n) is 2.08. The average molecular weight is 323 g/mol. The van der Waals surface area contributed by atoms with Gasteiger partial charge in [0.15, 0.2) is 0 Å². The summed E-state index contributed by atoms with van der Waals surface area (Å²) in [6.45, 7) is 7.47. The summed E-state index contributed by atoms with van der Waals surface area (Å²) in [6.07, 6.45) is -1.36. The maximum absolute atomic E-state index is 11.9. The molecule has 0 aromatic heterocycles. The first-order valence-electron chi connectivity index (χ1n) is 7.54. The fraction of sp³-hybridized carbons (Fsp3) is 0.529. The van der Waals surface area contributed by atoms with Gasteiger partial charge in [-0.3, -0.25) is 4.79 Å². The van der Waals surface area contributed by atoms with Crippen LogP contribution in [0.15, 0.2) is 30.3 Å². The van der Waals surface area contributed by atoms with Gasteiger partial charge in [0.25, 0.3) is 0 Å². The molecule has 23 heavy (non-hydrogen) atoms. The van der Waals surface area contributed by atoms with Gasteiger partial charge >= 0.3 is 12.1 Å². The predicted octanol–water partition coefficient (Wildman–Crippen LogP) is 2.96. The van der Waals surface area contributed by atoms with E-state index in [2.05, 4.69) is 5.32 Å². The number of carboxylic acids is 1. The zero-order chi connectivity index (χ0) is 17.5. The Hall–Kier alpha value is -2.08. The molecule has 0 saturated heterocycles. The third-order valence-electron chi connectivity index (χ3n) is 3.02. The average Bonchev–Trinajstić information content (AvgIpc) is 2.43. The molecule has 0 aliphatic carbocycles. The van der Waals surface area contributed by atoms with Crippen molar-refractivity contribution in [1.82, 2.24) is 5.32 Å². The summed E-state index contributed by atoms with van der Waals surface area (Å²) in [7, 11) is 0. The maximum atomic E-state index is 11.9. The fourth-order valence-corrected chi connectivity index (χ4v) is 2.08. The van der Waals surface area contributed by atoms with Crippen molar-refractivity contribution in [3.05, 3.63) is 35.9 Å². The topological polar surface area (TPSA) is 84.9 Å². The number of rotatable bonds is 7. The van der Waals surface area contributed by atoms with E-state index in [0.717, 1.165) is 5.56 Å². The highest BCUT2D eigenvalue weighted by molar-refractivity contribution is 5.71. The van der Waals surface area contributed by atoms with Crippen LogP contribution in [0.25, 0.3) is 0 Å². The van der Waals surface area contributed by atoms with Gasteiger partial charge in [-0.1, -0.05) is 30.3 Å². The molecule has 2 N–H and O–H groups in total. The Balaban J connectivity index is 2.58. The molecule has 0 bridgehead atoms. The summed E-state index contributed by atoms with van der Waals surface area (Å²) in [4.78, 5) is 22.9. The first-order chi connectivity index (χ1) is 10.7. The van der Waals surface area contributed by atoms with Gasteiger partial charge in [-0.15, -0.1) is 0 Å². The van der Waals surface area contributed by atoms with Crippen LogP contribution in [-0.2, 0) is 20.9 Å². The first-order valence-corrected chi connectivity index (χ1v) is 7.54. The van der Waals surface area contributed by atoms with Gasteiger partial charge in [0, 0.05) is 0 Å². The second kappa shape index (κ2) is 8.53. The number of benzene rings is 1. The van der Waals surface area contributed by atoms with E-state index >= 15 is 0 Å². The maximum Gasteiger partial charge on any atom is 0.407 e. The van der Waals surface area contributed by atoms with Gasteiger partial charge in [-0.25, -0.2) is 4.79 Å². The Morgan fingerprint density at radius 2 is 1.83 bits per heavy atom. The number of carbonyl (C=O) groups is 2. The molecular weight excluding hydrogens is 298 g/mol. The van der Waals surface area contributed by atoms with Crippen molar-refractivity contribution in [1.29, 1.82) is 0 Å². The van der Waals surface area contributed by atoms with E-state index in [1.807, 2.05) is 51.1 Å². The molecule has 2 atom stereocenters. The Bertz CT molecular complexity index is 509. The number of ether oxygens (including phenoxy) is 2. The number of amides is 1. The van der Waals surface area contributed by atoms with Crippen molar-refractivity contribution >= 4 is 12.1 Å². The molecule has 0 radical (unpaired) electrons. The largest absolute Gasteiger partial charge is 0.481 e. The SMILES string of the molecule is CC(OC(C)(C)C)C(CC(=O)O)NC(=O)OCc1ccccc1. The van der Waals surface area contributed by atoms with E-state index in [-0.39, 0.29) is 13.0 Å². The summed E-state index contributed by atoms with van der Waals surface area (Å²) in [5, 5.41) is 11.6. The zero-order valence-electron chi connectivity index (χ0n) is 14.0. The zero-order valence-corrected chi connectivity index (χ0v) is 14.0. The lowest BCUT2D eigenvalue weighted by Gasteiger charge is -2.30. The third kappa shape index (κ3) is 8.21. The van der Waals surface area contributed by atoms with Gasteiger partial charge in [-0.05, 0) is 33.3 Å². The lowest BCUT2D eigenvalue weighted by atomic mass is 10.1. The second-order valence-corrected chi connectivity index (χ2v) is 6.35. The van der Waals surface area contributed by atoms with Crippen LogP contribution in [0, 0.1) is 0 Å². The molecule has 0 aliphatic rings. The van der Waals surface area contributed by atoms with E-state index < -0.39 is 29.8 Å². The minimum atomic E-state index is -1.01. The van der Waals surface area contributed by atoms with Crippen LogP contribution in [0.4, 0.5) is 4.79 Å². The van der Waals surface area contributed by atoms with Crippen LogP contribution >= 0.6 is 0 Å². The van der Waals surface area contributed by atoms with Gasteiger partial charge in [0.2, 0.25) is 0 Å². The molecule has 0 spiro atoms. The predicted molar refractivity (Wildman–Crippen MR) is 86.1 cm³/mol. The van der Waals surface area contributed by atoms with E-state index in [1.54, 1.807) is 6.92 Å². The Morgan fingerprint density at radius 1 is 1.22 bits per heavy atom. The molecule has 0 aliphatic heterocycles. The number of hydrogen-bond acceptors (Lipinski definition) is 4. The number of aliphatic carboxylic acids is 1. The highest BCUT2D eigenvalue weighted by atomic mass is 16.5. The van der Waals surface area contributed by atoms with Crippen molar-refractivity contribution in [3.8, 4) is 0 Å². The summed E-state index contributed by atoms with van der Waals surface area (Å²) >= 11 is 0. The van der Waals surface area contributed by atoms with E-state index in [0.29, 0.717) is 0 Å². The van der Waals surface area contributed by atoms with Crippen LogP contribution in [-0.4, -0.2) is 34.9 Å². The Labute approximate surface area is 136 Å². The van der Waals surface area contributed by atoms with Gasteiger partial charge in [0.05, 0.1) is 24.2 Å². The summed E-state index contributed by atoms with van der Waals surface area (Å²) < 4.78 is 10.9. The quantitative estimate of drug-likeness (QED) is 0.806. The molecule has 6 nitrogen and oxygen atoms in total. The minimum Gasteiger partial charge on any atom is -0.481 e. The van der Waals surface area contributed by atoms with Gasteiger partial charge in [0.1, 0.15) is 6.61 Å². The van der Waals surface area contributed by atoms with Crippen LogP contribution < -0.4 is 5.32 Å². The first kappa shape index (κ1) is 19.0. The van der Waals surface area contributed by atoms with E-state index in [4.69, 9.17) is 14.6 Å². The van der Waals surface area contributed by atoms with Crippen molar-refractivity contribution in [2.24, 2.45) is 0 Å². The van der Waals surface area contributed by atoms with Gasteiger partial charge < -0.3 is 19.9 Å². The second-order valence-electron chi connectivity index (χ2n) is 6.35. The molecule has 0 heterocycles. The molecule has 0 saturated carbocycles. The molecular formula is C17H25NO5. The molecule has 2 unspecified atom stereocenters. The molecule has 1 aromatic rings. The van der Waals surface area contributed by atoms with Crippen molar-refractivity contribution in [2.75, 3.05) is 0 Å². The normalized spacial score (nSPS) is 13.9. The monoisotopic (exact) mass is 323 g/mol. The van der Waals surface area contributed by atoms with Crippen LogP contribution in [0.1, 0.15) is 39.7 Å². The molecule has 1 amide bonds. The number of carbonyl (C=O) groups excluding carboxylic acids is 1. The number of nitrogens with one attached hydrogen (secondary N) is 1. The molecule has 1 rings (SSSR count). The smallest absolute Gasteiger partial charge is 0.407 e. The molecule has 6 heteroatoms. The lowest BCUT2D eigenvalue weighted by molar-refractivity contribution is -0.139. The minimum absolute atomic E-state index is 0.126. The molecule has 0 fully saturated rings. The number of alkyl carbamates (subject to hydrolysis) is 1. The third-order valence-corrected chi connectivity index (χ3v) is 3.02. The number of carboxylic acid groups (broad SMARTS) is 1. The standard InChI is InChI=1S/C17H25NO5/c1-12(23-17(2,3)4)14(10-15(19)20)18-16(21)22-11-13-8-6-5-7-9-13/h5-9,12,14H,10-11H2,1-4H3,(H,18,21)(H,19,20). The van der Waals surface area contributed by atoms with Crippen LogP contribution in [0.5, 0.6) is 0 Å². The summed E-state index contributed by atoms with van der Waals surface area (Å²) in [5.41, 5.74) is 0.419. The van der Waals surface area contributed by atoms with Crippen LogP contribution in [0.2, 0.25) is 0 Å². The van der Waals surface area contributed by atoms with Gasteiger partial charge in [-0.2, -0.15) is 0 Å². The van der Waals surface area contributed by atoms with E-state index in [1.165, 1.54) is 0 Å². The highest BCUT2D eigenvalue weighted by Crippen LogP contribution is 2.15. The number of hydrogen-bond donors (Lipinski definition) is 2. The summed E-state index contributed by atoms with van der Waals surface area (Å²) in [5.74, 6) is -1.01.